The highest BCUT2D eigenvalue weighted by Gasteiger charge is 2.32. The molecule has 0 saturated carbocycles. The Labute approximate surface area is 169 Å². The largest absolute Gasteiger partial charge is 0.315 e. The third kappa shape index (κ3) is 3.40. The van der Waals surface area contributed by atoms with Crippen LogP contribution in [0.4, 0.5) is 5.69 Å². The van der Waals surface area contributed by atoms with Gasteiger partial charge in [0.2, 0.25) is 5.91 Å². The summed E-state index contributed by atoms with van der Waals surface area (Å²) in [5.41, 5.74) is 3.00. The number of anilines is 1. The fourth-order valence-corrected chi connectivity index (χ4v) is 3.82. The van der Waals surface area contributed by atoms with Crippen molar-refractivity contribution in [3.05, 3.63) is 77.4 Å². The molecule has 0 aromatic heterocycles. The highest BCUT2D eigenvalue weighted by molar-refractivity contribution is 6.25. The van der Waals surface area contributed by atoms with E-state index in [0.29, 0.717) is 17.5 Å². The Morgan fingerprint density at radius 1 is 0.931 bits per heavy atom. The molecule has 3 aromatic carbocycles. The molecular formula is C24H22N2O3. The summed E-state index contributed by atoms with van der Waals surface area (Å²) in [6.45, 7) is 2.20. The van der Waals surface area contributed by atoms with E-state index in [1.807, 2.05) is 55.5 Å². The summed E-state index contributed by atoms with van der Waals surface area (Å²) < 4.78 is 0. The molecule has 1 aliphatic heterocycles. The maximum absolute atomic E-state index is 12.9. The van der Waals surface area contributed by atoms with Gasteiger partial charge in [-0.3, -0.25) is 19.3 Å². The molecule has 1 aliphatic rings. The summed E-state index contributed by atoms with van der Waals surface area (Å²) in [6, 6.07) is 18.7. The lowest BCUT2D eigenvalue weighted by atomic mass is 9.94. The van der Waals surface area contributed by atoms with Crippen molar-refractivity contribution in [2.45, 2.75) is 19.8 Å². The van der Waals surface area contributed by atoms with Crippen LogP contribution in [0, 0.1) is 6.92 Å². The van der Waals surface area contributed by atoms with E-state index in [1.165, 1.54) is 4.90 Å². The summed E-state index contributed by atoms with van der Waals surface area (Å²) in [6.07, 6.45) is 0.679. The van der Waals surface area contributed by atoms with Gasteiger partial charge in [0, 0.05) is 42.2 Å². The molecule has 146 valence electrons. The van der Waals surface area contributed by atoms with Crippen molar-refractivity contribution in [1.82, 2.24) is 4.90 Å². The summed E-state index contributed by atoms with van der Waals surface area (Å²) in [4.78, 5) is 41.2. The predicted molar refractivity (Wildman–Crippen MR) is 113 cm³/mol. The van der Waals surface area contributed by atoms with Gasteiger partial charge in [-0.1, -0.05) is 36.4 Å². The first-order valence-electron chi connectivity index (χ1n) is 9.68. The molecule has 0 fully saturated rings. The van der Waals surface area contributed by atoms with Crippen LogP contribution < -0.4 is 4.90 Å². The van der Waals surface area contributed by atoms with E-state index in [1.54, 1.807) is 24.1 Å². The molecule has 3 amide bonds. The average Bonchev–Trinajstić information content (AvgIpc) is 2.73. The smallest absolute Gasteiger partial charge is 0.261 e. The zero-order valence-electron chi connectivity index (χ0n) is 16.5. The number of hydrogen-bond acceptors (Lipinski definition) is 3. The number of aryl methyl sites for hydroxylation is 1. The normalized spacial score (nSPS) is 13.1. The van der Waals surface area contributed by atoms with E-state index >= 15 is 0 Å². The predicted octanol–water partition coefficient (Wildman–Crippen LogP) is 4.19. The van der Waals surface area contributed by atoms with Crippen molar-refractivity contribution in [3.63, 3.8) is 0 Å². The standard InChI is InChI=1S/C24H22N2O3/c1-16-7-3-10-18(15-16)25(2)21(27)13-6-14-26-23(28)19-11-4-8-17-9-5-12-20(22(17)19)24(26)29/h3-5,7-12,15H,6,13-14H2,1-2H3. The SMILES string of the molecule is Cc1cccc(N(C)C(=O)CCCN2C(=O)c3cccc4cccc(c34)C2=O)c1. The third-order valence-electron chi connectivity index (χ3n) is 5.39. The van der Waals surface area contributed by atoms with Crippen LogP contribution in [0.3, 0.4) is 0 Å². The van der Waals surface area contributed by atoms with Crippen molar-refractivity contribution < 1.29 is 14.4 Å². The molecule has 0 bridgehead atoms. The van der Waals surface area contributed by atoms with Crippen molar-refractivity contribution in [2.75, 3.05) is 18.5 Å². The van der Waals surface area contributed by atoms with Gasteiger partial charge in [0.15, 0.2) is 0 Å². The van der Waals surface area contributed by atoms with Crippen molar-refractivity contribution >= 4 is 34.2 Å². The van der Waals surface area contributed by atoms with Crippen molar-refractivity contribution in [2.24, 2.45) is 0 Å². The van der Waals surface area contributed by atoms with Crippen LogP contribution >= 0.6 is 0 Å². The lowest BCUT2D eigenvalue weighted by molar-refractivity contribution is -0.118. The Morgan fingerprint density at radius 3 is 2.17 bits per heavy atom. The third-order valence-corrected chi connectivity index (χ3v) is 5.39. The Bertz CT molecular complexity index is 1090. The van der Waals surface area contributed by atoms with Crippen molar-refractivity contribution in [3.8, 4) is 0 Å². The number of benzene rings is 3. The topological polar surface area (TPSA) is 57.7 Å². The number of rotatable bonds is 5. The fourth-order valence-electron chi connectivity index (χ4n) is 3.82. The monoisotopic (exact) mass is 386 g/mol. The van der Waals surface area contributed by atoms with Crippen LogP contribution in [-0.4, -0.2) is 36.2 Å². The first kappa shape index (κ1) is 18.9. The number of hydrogen-bond donors (Lipinski definition) is 0. The summed E-state index contributed by atoms with van der Waals surface area (Å²) in [5, 5.41) is 1.60. The molecule has 4 rings (SSSR count). The number of amides is 3. The van der Waals surface area contributed by atoms with Crippen LogP contribution in [0.15, 0.2) is 60.7 Å². The molecule has 0 radical (unpaired) electrons. The average molecular weight is 386 g/mol. The molecule has 0 unspecified atom stereocenters. The first-order valence-corrected chi connectivity index (χ1v) is 9.68. The van der Waals surface area contributed by atoms with E-state index in [9.17, 15) is 14.4 Å². The van der Waals surface area contributed by atoms with Gasteiger partial charge in [0.25, 0.3) is 11.8 Å². The lowest BCUT2D eigenvalue weighted by Gasteiger charge is -2.27. The molecule has 0 atom stereocenters. The second kappa shape index (κ2) is 7.51. The molecule has 0 N–H and O–H groups in total. The van der Waals surface area contributed by atoms with Gasteiger partial charge in [-0.2, -0.15) is 0 Å². The molecule has 5 heteroatoms. The molecule has 0 aliphatic carbocycles. The molecule has 0 spiro atoms. The number of nitrogens with zero attached hydrogens (tertiary/aromatic N) is 2. The number of imide groups is 1. The summed E-state index contributed by atoms with van der Waals surface area (Å²) >= 11 is 0. The molecule has 0 saturated heterocycles. The number of carbonyl (C=O) groups excluding carboxylic acids is 3. The van der Waals surface area contributed by atoms with E-state index in [2.05, 4.69) is 0 Å². The van der Waals surface area contributed by atoms with Gasteiger partial charge >= 0.3 is 0 Å². The van der Waals surface area contributed by atoms with Crippen molar-refractivity contribution in [1.29, 1.82) is 0 Å². The van der Waals surface area contributed by atoms with E-state index < -0.39 is 0 Å². The van der Waals surface area contributed by atoms with Gasteiger partial charge in [-0.05, 0) is 48.6 Å². The highest BCUT2D eigenvalue weighted by atomic mass is 16.2. The summed E-state index contributed by atoms with van der Waals surface area (Å²) in [5.74, 6) is -0.632. The minimum atomic E-state index is -0.293. The minimum Gasteiger partial charge on any atom is -0.315 e. The Kier molecular flexibility index (Phi) is 4.89. The van der Waals surface area contributed by atoms with E-state index in [-0.39, 0.29) is 30.7 Å². The van der Waals surface area contributed by atoms with Crippen LogP contribution in [0.2, 0.25) is 0 Å². The zero-order valence-corrected chi connectivity index (χ0v) is 16.5. The quantitative estimate of drug-likeness (QED) is 0.618. The minimum absolute atomic E-state index is 0.0463. The highest BCUT2D eigenvalue weighted by Crippen LogP contribution is 2.30. The van der Waals surface area contributed by atoms with Crippen LogP contribution in [0.5, 0.6) is 0 Å². The van der Waals surface area contributed by atoms with Gasteiger partial charge < -0.3 is 4.90 Å². The molecule has 1 heterocycles. The zero-order chi connectivity index (χ0) is 20.5. The second-order valence-corrected chi connectivity index (χ2v) is 7.37. The first-order chi connectivity index (χ1) is 14.0. The Hall–Kier alpha value is -3.47. The van der Waals surface area contributed by atoms with E-state index in [0.717, 1.165) is 22.0 Å². The van der Waals surface area contributed by atoms with Gasteiger partial charge in [-0.25, -0.2) is 0 Å². The van der Waals surface area contributed by atoms with Gasteiger partial charge in [-0.15, -0.1) is 0 Å². The van der Waals surface area contributed by atoms with Gasteiger partial charge in [0.1, 0.15) is 0 Å². The van der Waals surface area contributed by atoms with Gasteiger partial charge in [0.05, 0.1) is 0 Å². The molecule has 29 heavy (non-hydrogen) atoms. The van der Waals surface area contributed by atoms with Crippen LogP contribution in [-0.2, 0) is 4.79 Å². The Morgan fingerprint density at radius 2 is 1.55 bits per heavy atom. The fraction of sp³-hybridized carbons (Fsp3) is 0.208. The molecule has 5 nitrogen and oxygen atoms in total. The summed E-state index contributed by atoms with van der Waals surface area (Å²) in [7, 11) is 1.74. The van der Waals surface area contributed by atoms with Crippen LogP contribution in [0.1, 0.15) is 39.1 Å². The maximum atomic E-state index is 12.9. The van der Waals surface area contributed by atoms with Crippen LogP contribution in [0.25, 0.3) is 10.8 Å². The van der Waals surface area contributed by atoms with E-state index in [4.69, 9.17) is 0 Å². The maximum Gasteiger partial charge on any atom is 0.261 e. The number of carbonyl (C=O) groups is 3. The molecule has 3 aromatic rings. The second-order valence-electron chi connectivity index (χ2n) is 7.37. The lowest BCUT2D eigenvalue weighted by Crippen LogP contribution is -2.41. The molecular weight excluding hydrogens is 364 g/mol. The Balaban J connectivity index is 1.46.